The predicted molar refractivity (Wildman–Crippen MR) is 56.0 cm³/mol. The minimum Gasteiger partial charge on any atom is -0.267 e. The molecule has 0 saturated heterocycles. The number of rotatable bonds is 0. The first-order chi connectivity index (χ1) is 5.70. The van der Waals surface area contributed by atoms with Crippen LogP contribution in [-0.2, 0) is 7.05 Å². The Labute approximate surface area is 83.9 Å². The van der Waals surface area contributed by atoms with Crippen LogP contribution in [0.5, 0.6) is 0 Å². The van der Waals surface area contributed by atoms with Gasteiger partial charge in [0.25, 0.3) is 0 Å². The molecule has 0 aliphatic heterocycles. The lowest BCUT2D eigenvalue weighted by Crippen LogP contribution is -1.89. The van der Waals surface area contributed by atoms with Crippen molar-refractivity contribution in [2.75, 3.05) is 0 Å². The molecule has 0 saturated carbocycles. The number of hydrogen-bond donors (Lipinski definition) is 0. The zero-order chi connectivity index (χ0) is 8.72. The Morgan fingerprint density at radius 3 is 2.92 bits per heavy atom. The number of nitrogens with zero attached hydrogens (tertiary/aromatic N) is 3. The molecule has 3 nitrogen and oxygen atoms in total. The van der Waals surface area contributed by atoms with Gasteiger partial charge < -0.3 is 0 Å². The maximum Gasteiger partial charge on any atom is 0.133 e. The van der Waals surface area contributed by atoms with E-state index >= 15 is 0 Å². The molecule has 2 aromatic heterocycles. The van der Waals surface area contributed by atoms with Crippen molar-refractivity contribution in [2.24, 2.45) is 7.05 Å². The highest BCUT2D eigenvalue weighted by atomic mass is 127. The fraction of sp³-hybridized carbons (Fsp3) is 0.250. The Morgan fingerprint density at radius 1 is 1.50 bits per heavy atom. The minimum absolute atomic E-state index is 1.02. The third-order valence-electron chi connectivity index (χ3n) is 1.91. The van der Waals surface area contributed by atoms with Crippen molar-refractivity contribution < 1.29 is 0 Å². The highest BCUT2D eigenvalue weighted by Crippen LogP contribution is 2.20. The zero-order valence-corrected chi connectivity index (χ0v) is 9.03. The normalized spacial score (nSPS) is 10.9. The van der Waals surface area contributed by atoms with Gasteiger partial charge in [-0.3, -0.25) is 9.67 Å². The second kappa shape index (κ2) is 2.69. The summed E-state index contributed by atoms with van der Waals surface area (Å²) in [5, 5.41) is 5.48. The quantitative estimate of drug-likeness (QED) is 0.686. The molecule has 4 heteroatoms. The molecule has 0 spiro atoms. The molecule has 12 heavy (non-hydrogen) atoms. The highest BCUT2D eigenvalue weighted by Gasteiger charge is 2.07. The third kappa shape index (κ3) is 1.01. The smallest absolute Gasteiger partial charge is 0.133 e. The topological polar surface area (TPSA) is 30.7 Å². The summed E-state index contributed by atoms with van der Waals surface area (Å²) in [6.45, 7) is 2.01. The molecule has 0 amide bonds. The van der Waals surface area contributed by atoms with E-state index in [0.717, 1.165) is 14.9 Å². The third-order valence-corrected chi connectivity index (χ3v) is 2.67. The molecule has 2 rings (SSSR count). The Kier molecular flexibility index (Phi) is 1.79. The molecule has 62 valence electrons. The van der Waals surface area contributed by atoms with E-state index in [1.54, 1.807) is 0 Å². The van der Waals surface area contributed by atoms with Crippen molar-refractivity contribution in [1.82, 2.24) is 14.8 Å². The van der Waals surface area contributed by atoms with Crippen LogP contribution in [0.1, 0.15) is 5.69 Å². The van der Waals surface area contributed by atoms with Gasteiger partial charge in [-0.1, -0.05) is 0 Å². The second-order valence-corrected chi connectivity index (χ2v) is 3.73. The molecule has 0 aliphatic rings. The number of fused-ring (bicyclic) bond motifs is 1. The average molecular weight is 273 g/mol. The molecule has 0 bridgehead atoms. The van der Waals surface area contributed by atoms with Gasteiger partial charge in [0.1, 0.15) is 3.70 Å². The van der Waals surface area contributed by atoms with Crippen LogP contribution >= 0.6 is 22.6 Å². The molecule has 0 aromatic carbocycles. The van der Waals surface area contributed by atoms with Gasteiger partial charge in [-0.05, 0) is 35.6 Å². The summed E-state index contributed by atoms with van der Waals surface area (Å²) in [7, 11) is 1.95. The van der Waals surface area contributed by atoms with Gasteiger partial charge >= 0.3 is 0 Å². The minimum atomic E-state index is 1.02. The monoisotopic (exact) mass is 273 g/mol. The number of hydrogen-bond acceptors (Lipinski definition) is 2. The molecule has 0 unspecified atom stereocenters. The fourth-order valence-corrected chi connectivity index (χ4v) is 2.30. The van der Waals surface area contributed by atoms with Crippen LogP contribution in [-0.4, -0.2) is 14.8 Å². The van der Waals surface area contributed by atoms with E-state index in [2.05, 4.69) is 32.7 Å². The average Bonchev–Trinajstić information content (AvgIpc) is 2.29. The first-order valence-electron chi connectivity index (χ1n) is 3.64. The van der Waals surface area contributed by atoms with Crippen molar-refractivity contribution in [2.45, 2.75) is 6.92 Å². The first kappa shape index (κ1) is 7.97. The van der Waals surface area contributed by atoms with E-state index in [0.29, 0.717) is 0 Å². The molecule has 0 aliphatic carbocycles. The first-order valence-corrected chi connectivity index (χ1v) is 4.72. The Morgan fingerprint density at radius 2 is 2.25 bits per heavy atom. The predicted octanol–water partition coefficient (Wildman–Crippen LogP) is 1.88. The fourth-order valence-electron chi connectivity index (χ4n) is 1.31. The largest absolute Gasteiger partial charge is 0.267 e. The molecule has 2 aromatic rings. The van der Waals surface area contributed by atoms with Gasteiger partial charge in [-0.15, -0.1) is 0 Å². The van der Waals surface area contributed by atoms with E-state index in [1.807, 2.05) is 30.9 Å². The van der Waals surface area contributed by atoms with Crippen molar-refractivity contribution >= 4 is 33.5 Å². The molecular weight excluding hydrogens is 265 g/mol. The Hall–Kier alpha value is -0.650. The van der Waals surface area contributed by atoms with Crippen LogP contribution in [0.4, 0.5) is 0 Å². The van der Waals surface area contributed by atoms with Gasteiger partial charge in [-0.2, -0.15) is 5.10 Å². The summed E-state index contributed by atoms with van der Waals surface area (Å²) in [5.74, 6) is 0. The van der Waals surface area contributed by atoms with E-state index in [1.165, 1.54) is 5.39 Å². The molecule has 0 N–H and O–H groups in total. The van der Waals surface area contributed by atoms with E-state index in [9.17, 15) is 0 Å². The summed E-state index contributed by atoms with van der Waals surface area (Å²) in [4.78, 5) is 4.22. The lowest BCUT2D eigenvalue weighted by Gasteiger charge is -1.94. The number of halogens is 1. The van der Waals surface area contributed by atoms with Gasteiger partial charge in [-0.25, -0.2) is 0 Å². The summed E-state index contributed by atoms with van der Waals surface area (Å²) in [6, 6.07) is 1.98. The van der Waals surface area contributed by atoms with Crippen molar-refractivity contribution in [3.8, 4) is 0 Å². The Bertz CT molecular complexity index is 433. The van der Waals surface area contributed by atoms with Gasteiger partial charge in [0.05, 0.1) is 10.9 Å². The maximum atomic E-state index is 4.31. The summed E-state index contributed by atoms with van der Waals surface area (Å²) >= 11 is 2.23. The number of pyridine rings is 1. The molecule has 0 fully saturated rings. The SMILES string of the molecule is Cc1nccc2c1c(I)nn2C. The summed E-state index contributed by atoms with van der Waals surface area (Å²) in [5.41, 5.74) is 2.19. The summed E-state index contributed by atoms with van der Waals surface area (Å²) < 4.78 is 2.90. The van der Waals surface area contributed by atoms with Crippen LogP contribution < -0.4 is 0 Å². The maximum absolute atomic E-state index is 4.31. The van der Waals surface area contributed by atoms with Gasteiger partial charge in [0, 0.05) is 18.9 Å². The molecule has 0 atom stereocenters. The van der Waals surface area contributed by atoms with Crippen molar-refractivity contribution in [3.63, 3.8) is 0 Å². The molecule has 0 radical (unpaired) electrons. The van der Waals surface area contributed by atoms with Crippen LogP contribution in [0.2, 0.25) is 0 Å². The summed E-state index contributed by atoms with van der Waals surface area (Å²) in [6.07, 6.45) is 1.81. The van der Waals surface area contributed by atoms with Crippen LogP contribution in [0.25, 0.3) is 10.9 Å². The molecule has 2 heterocycles. The van der Waals surface area contributed by atoms with Gasteiger partial charge in [0.15, 0.2) is 0 Å². The van der Waals surface area contributed by atoms with Gasteiger partial charge in [0.2, 0.25) is 0 Å². The van der Waals surface area contributed by atoms with Crippen LogP contribution in [0.3, 0.4) is 0 Å². The molecular formula is C8H8IN3. The highest BCUT2D eigenvalue weighted by molar-refractivity contribution is 14.1. The van der Waals surface area contributed by atoms with Crippen molar-refractivity contribution in [3.05, 3.63) is 21.7 Å². The number of aromatic nitrogens is 3. The van der Waals surface area contributed by atoms with E-state index < -0.39 is 0 Å². The van der Waals surface area contributed by atoms with Crippen molar-refractivity contribution in [1.29, 1.82) is 0 Å². The second-order valence-electron chi connectivity index (χ2n) is 2.70. The number of aryl methyl sites for hydroxylation is 2. The standard InChI is InChI=1S/C8H8IN3/c1-5-7-6(3-4-10-5)12(2)11-8(7)9/h3-4H,1-2H3. The lowest BCUT2D eigenvalue weighted by molar-refractivity contribution is 0.787. The Balaban J connectivity index is 2.99. The zero-order valence-electron chi connectivity index (χ0n) is 6.87. The van der Waals surface area contributed by atoms with Crippen LogP contribution in [0, 0.1) is 10.6 Å². The van der Waals surface area contributed by atoms with E-state index in [-0.39, 0.29) is 0 Å². The van der Waals surface area contributed by atoms with E-state index in [4.69, 9.17) is 0 Å². The lowest BCUT2D eigenvalue weighted by atomic mass is 10.2. The van der Waals surface area contributed by atoms with Crippen LogP contribution in [0.15, 0.2) is 12.3 Å².